The lowest BCUT2D eigenvalue weighted by Gasteiger charge is -2.39. The van der Waals surface area contributed by atoms with Gasteiger partial charge >= 0.3 is 0 Å². The molecule has 0 aromatic heterocycles. The quantitative estimate of drug-likeness (QED) is 0.763. The first-order valence-electron chi connectivity index (χ1n) is 7.65. The first-order valence-corrected chi connectivity index (χ1v) is 7.65. The van der Waals surface area contributed by atoms with Gasteiger partial charge in [-0.15, -0.1) is 0 Å². The Morgan fingerprint density at radius 1 is 1.06 bits per heavy atom. The second-order valence-electron chi connectivity index (χ2n) is 6.59. The third kappa shape index (κ3) is 2.70. The van der Waals surface area contributed by atoms with Gasteiger partial charge in [-0.3, -0.25) is 4.90 Å². The van der Waals surface area contributed by atoms with Crippen LogP contribution in [-0.4, -0.2) is 48.6 Å². The zero-order valence-electron chi connectivity index (χ0n) is 11.4. The Morgan fingerprint density at radius 3 is 2.28 bits per heavy atom. The Bertz CT molecular complexity index is 315. The molecule has 0 atom stereocenters. The number of nitrogens with zero attached hydrogens (tertiary/aromatic N) is 3. The molecule has 1 heterocycles. The number of hydrogen-bond donors (Lipinski definition) is 0. The molecule has 0 amide bonds. The van der Waals surface area contributed by atoms with Crippen LogP contribution in [0, 0.1) is 16.7 Å². The fourth-order valence-corrected chi connectivity index (χ4v) is 3.77. The van der Waals surface area contributed by atoms with E-state index in [1.807, 2.05) is 0 Å². The van der Waals surface area contributed by atoms with Crippen LogP contribution in [-0.2, 0) is 0 Å². The largest absolute Gasteiger partial charge is 0.300 e. The normalized spacial score (nSPS) is 29.3. The van der Waals surface area contributed by atoms with Gasteiger partial charge < -0.3 is 4.90 Å². The minimum absolute atomic E-state index is 0.393. The summed E-state index contributed by atoms with van der Waals surface area (Å²) in [6.07, 6.45) is 9.08. The molecule has 3 heteroatoms. The van der Waals surface area contributed by atoms with Crippen molar-refractivity contribution >= 4 is 0 Å². The highest BCUT2D eigenvalue weighted by Crippen LogP contribution is 2.49. The number of nitriles is 1. The van der Waals surface area contributed by atoms with Gasteiger partial charge in [-0.25, -0.2) is 0 Å². The SMILES string of the molecule is N#CCC1(CN2CCN(C3CCCC3)CC2)CC1. The van der Waals surface area contributed by atoms with Crippen LogP contribution in [0.4, 0.5) is 0 Å². The Hall–Kier alpha value is -0.590. The van der Waals surface area contributed by atoms with Gasteiger partial charge in [-0.2, -0.15) is 5.26 Å². The number of hydrogen-bond acceptors (Lipinski definition) is 3. The molecule has 3 aliphatic rings. The summed E-state index contributed by atoms with van der Waals surface area (Å²) in [6, 6.07) is 3.27. The summed E-state index contributed by atoms with van der Waals surface area (Å²) in [6.45, 7) is 6.15. The van der Waals surface area contributed by atoms with Gasteiger partial charge in [0.1, 0.15) is 0 Å². The van der Waals surface area contributed by atoms with Crippen LogP contribution in [0.1, 0.15) is 44.9 Å². The summed E-state index contributed by atoms with van der Waals surface area (Å²) in [5.41, 5.74) is 0.393. The van der Waals surface area contributed by atoms with E-state index in [1.165, 1.54) is 71.2 Å². The highest BCUT2D eigenvalue weighted by atomic mass is 15.3. The van der Waals surface area contributed by atoms with Crippen molar-refractivity contribution in [3.8, 4) is 6.07 Å². The first-order chi connectivity index (χ1) is 8.81. The van der Waals surface area contributed by atoms with Crippen LogP contribution in [0.15, 0.2) is 0 Å². The van der Waals surface area contributed by atoms with Crippen molar-refractivity contribution < 1.29 is 0 Å². The van der Waals surface area contributed by atoms with E-state index in [9.17, 15) is 0 Å². The molecule has 0 unspecified atom stereocenters. The molecule has 0 radical (unpaired) electrons. The third-order valence-corrected chi connectivity index (χ3v) is 5.22. The highest BCUT2D eigenvalue weighted by Gasteiger charge is 2.44. The maximum Gasteiger partial charge on any atom is 0.0628 e. The fraction of sp³-hybridized carbons (Fsp3) is 0.933. The third-order valence-electron chi connectivity index (χ3n) is 5.22. The lowest BCUT2D eigenvalue weighted by molar-refractivity contribution is 0.0848. The van der Waals surface area contributed by atoms with Crippen molar-refractivity contribution in [3.05, 3.63) is 0 Å². The Balaban J connectivity index is 1.44. The van der Waals surface area contributed by atoms with Crippen LogP contribution >= 0.6 is 0 Å². The molecule has 1 aliphatic heterocycles. The molecule has 0 N–H and O–H groups in total. The van der Waals surface area contributed by atoms with E-state index < -0.39 is 0 Å². The summed E-state index contributed by atoms with van der Waals surface area (Å²) >= 11 is 0. The average Bonchev–Trinajstić information content (AvgIpc) is 2.94. The van der Waals surface area contributed by atoms with E-state index in [0.717, 1.165) is 12.5 Å². The predicted molar refractivity (Wildman–Crippen MR) is 72.2 cm³/mol. The fourth-order valence-electron chi connectivity index (χ4n) is 3.77. The predicted octanol–water partition coefficient (Wildman–Crippen LogP) is 2.24. The monoisotopic (exact) mass is 247 g/mol. The Kier molecular flexibility index (Phi) is 3.59. The van der Waals surface area contributed by atoms with E-state index in [0.29, 0.717) is 5.41 Å². The van der Waals surface area contributed by atoms with Crippen molar-refractivity contribution in [2.45, 2.75) is 51.0 Å². The smallest absolute Gasteiger partial charge is 0.0628 e. The lowest BCUT2D eigenvalue weighted by Crippen LogP contribution is -2.50. The van der Waals surface area contributed by atoms with Gasteiger partial charge in [0, 0.05) is 45.2 Å². The molecule has 18 heavy (non-hydrogen) atoms. The van der Waals surface area contributed by atoms with Crippen LogP contribution in [0.3, 0.4) is 0 Å². The van der Waals surface area contributed by atoms with E-state index in [1.54, 1.807) is 0 Å². The molecule has 0 spiro atoms. The molecule has 3 nitrogen and oxygen atoms in total. The van der Waals surface area contributed by atoms with Gasteiger partial charge in [-0.05, 0) is 31.1 Å². The molecule has 1 saturated heterocycles. The highest BCUT2D eigenvalue weighted by molar-refractivity contribution is 5.01. The Labute approximate surface area is 111 Å². The molecule has 100 valence electrons. The number of piperazine rings is 1. The Morgan fingerprint density at radius 2 is 1.72 bits per heavy atom. The maximum absolute atomic E-state index is 8.88. The van der Waals surface area contributed by atoms with E-state index in [4.69, 9.17) is 5.26 Å². The van der Waals surface area contributed by atoms with Gasteiger partial charge in [0.15, 0.2) is 0 Å². The van der Waals surface area contributed by atoms with Crippen LogP contribution in [0.2, 0.25) is 0 Å². The maximum atomic E-state index is 8.88. The van der Waals surface area contributed by atoms with Gasteiger partial charge in [0.25, 0.3) is 0 Å². The minimum Gasteiger partial charge on any atom is -0.300 e. The van der Waals surface area contributed by atoms with Crippen molar-refractivity contribution in [1.82, 2.24) is 9.80 Å². The van der Waals surface area contributed by atoms with Crippen LogP contribution in [0.5, 0.6) is 0 Å². The van der Waals surface area contributed by atoms with Gasteiger partial charge in [-0.1, -0.05) is 12.8 Å². The molecule has 2 aliphatic carbocycles. The molecule has 0 aromatic rings. The van der Waals surface area contributed by atoms with Crippen LogP contribution in [0.25, 0.3) is 0 Å². The van der Waals surface area contributed by atoms with Crippen molar-refractivity contribution in [2.24, 2.45) is 5.41 Å². The van der Waals surface area contributed by atoms with Crippen LogP contribution < -0.4 is 0 Å². The van der Waals surface area contributed by atoms with E-state index in [2.05, 4.69) is 15.9 Å². The number of rotatable bonds is 4. The molecule has 0 aromatic carbocycles. The second-order valence-corrected chi connectivity index (χ2v) is 6.59. The zero-order valence-corrected chi connectivity index (χ0v) is 11.4. The summed E-state index contributed by atoms with van der Waals surface area (Å²) < 4.78 is 0. The summed E-state index contributed by atoms with van der Waals surface area (Å²) in [5, 5.41) is 8.88. The standard InChI is InChI=1S/C15H25N3/c16-8-7-15(5-6-15)13-17-9-11-18(12-10-17)14-3-1-2-4-14/h14H,1-7,9-13H2. The van der Waals surface area contributed by atoms with E-state index in [-0.39, 0.29) is 0 Å². The zero-order chi connectivity index (χ0) is 12.4. The van der Waals surface area contributed by atoms with Crippen molar-refractivity contribution in [2.75, 3.05) is 32.7 Å². The second kappa shape index (κ2) is 5.19. The molecule has 0 bridgehead atoms. The minimum atomic E-state index is 0.393. The summed E-state index contributed by atoms with van der Waals surface area (Å²) in [7, 11) is 0. The van der Waals surface area contributed by atoms with Crippen molar-refractivity contribution in [3.63, 3.8) is 0 Å². The topological polar surface area (TPSA) is 30.3 Å². The molecule has 3 fully saturated rings. The molecule has 3 rings (SSSR count). The molecular formula is C15H25N3. The van der Waals surface area contributed by atoms with E-state index >= 15 is 0 Å². The summed E-state index contributed by atoms with van der Waals surface area (Å²) in [4.78, 5) is 5.32. The van der Waals surface area contributed by atoms with Gasteiger partial charge in [0.05, 0.1) is 6.07 Å². The molecule has 2 saturated carbocycles. The van der Waals surface area contributed by atoms with Gasteiger partial charge in [0.2, 0.25) is 0 Å². The lowest BCUT2D eigenvalue weighted by atomic mass is 10.0. The summed E-state index contributed by atoms with van der Waals surface area (Å²) in [5.74, 6) is 0. The molecular weight excluding hydrogens is 222 g/mol. The average molecular weight is 247 g/mol. The van der Waals surface area contributed by atoms with Crippen molar-refractivity contribution in [1.29, 1.82) is 5.26 Å². The first kappa shape index (κ1) is 12.4.